The van der Waals surface area contributed by atoms with E-state index in [1.165, 1.54) is 18.4 Å². The molecule has 1 atom stereocenters. The number of amides is 1. The van der Waals surface area contributed by atoms with Gasteiger partial charge in [-0.05, 0) is 31.5 Å². The first kappa shape index (κ1) is 18.6. The van der Waals surface area contributed by atoms with Crippen LogP contribution in [0.3, 0.4) is 0 Å². The number of hydrogen-bond donors (Lipinski definition) is 0. The molecule has 2 heterocycles. The van der Waals surface area contributed by atoms with E-state index >= 15 is 0 Å². The Morgan fingerprint density at radius 2 is 1.96 bits per heavy atom. The van der Waals surface area contributed by atoms with E-state index in [1.807, 2.05) is 30.1 Å². The van der Waals surface area contributed by atoms with Crippen LogP contribution in [-0.2, 0) is 4.79 Å². The van der Waals surface area contributed by atoms with Crippen LogP contribution in [0.15, 0.2) is 40.6 Å². The zero-order chi connectivity index (χ0) is 18.4. The van der Waals surface area contributed by atoms with E-state index < -0.39 is 0 Å². The molecule has 0 N–H and O–H groups in total. The Hall–Kier alpha value is -2.19. The highest BCUT2D eigenvalue weighted by Gasteiger charge is 2.39. The minimum absolute atomic E-state index is 0.0801. The van der Waals surface area contributed by atoms with Gasteiger partial charge < -0.3 is 9.80 Å². The van der Waals surface area contributed by atoms with Crippen molar-refractivity contribution >= 4 is 5.91 Å². The Morgan fingerprint density at radius 1 is 1.27 bits per heavy atom. The van der Waals surface area contributed by atoms with E-state index in [0.29, 0.717) is 19.3 Å². The fourth-order valence-electron chi connectivity index (χ4n) is 3.66. The molecule has 1 aromatic carbocycles. The van der Waals surface area contributed by atoms with Crippen molar-refractivity contribution in [1.29, 1.82) is 0 Å². The maximum absolute atomic E-state index is 12.9. The fourth-order valence-corrected chi connectivity index (χ4v) is 3.66. The molecular weight excluding hydrogens is 324 g/mol. The van der Waals surface area contributed by atoms with Crippen LogP contribution in [0.25, 0.3) is 0 Å². The SMILES string of the molecule is C#CCCC1(CCC(=O)N(C)[C@@H](CN2CCCC2)c2ccccc2)N=N1. The Bertz CT molecular complexity index is 667. The molecule has 1 amide bonds. The molecule has 3 rings (SSSR count). The van der Waals surface area contributed by atoms with Crippen molar-refractivity contribution in [3.8, 4) is 12.3 Å². The van der Waals surface area contributed by atoms with Crippen molar-refractivity contribution in [3.05, 3.63) is 35.9 Å². The predicted octanol–water partition coefficient (Wildman–Crippen LogP) is 3.64. The summed E-state index contributed by atoms with van der Waals surface area (Å²) in [6, 6.07) is 10.4. The number of benzene rings is 1. The highest BCUT2D eigenvalue weighted by molar-refractivity contribution is 5.76. The summed E-state index contributed by atoms with van der Waals surface area (Å²) in [7, 11) is 1.92. The van der Waals surface area contributed by atoms with Crippen LogP contribution in [0, 0.1) is 12.3 Å². The Morgan fingerprint density at radius 3 is 2.58 bits per heavy atom. The molecule has 1 saturated heterocycles. The number of hydrogen-bond acceptors (Lipinski definition) is 4. The first-order chi connectivity index (χ1) is 12.6. The highest BCUT2D eigenvalue weighted by Crippen LogP contribution is 2.38. The summed E-state index contributed by atoms with van der Waals surface area (Å²) in [6.45, 7) is 3.14. The summed E-state index contributed by atoms with van der Waals surface area (Å²) in [4.78, 5) is 17.2. The summed E-state index contributed by atoms with van der Waals surface area (Å²) >= 11 is 0. The van der Waals surface area contributed by atoms with Crippen LogP contribution in [0.4, 0.5) is 0 Å². The molecule has 0 aromatic heterocycles. The maximum atomic E-state index is 12.9. The van der Waals surface area contributed by atoms with Gasteiger partial charge in [-0.2, -0.15) is 10.2 Å². The van der Waals surface area contributed by atoms with Crippen LogP contribution in [0.2, 0.25) is 0 Å². The second kappa shape index (κ2) is 8.46. The third-order valence-electron chi connectivity index (χ3n) is 5.47. The van der Waals surface area contributed by atoms with Crippen LogP contribution >= 0.6 is 0 Å². The number of carbonyl (C=O) groups is 1. The Balaban J connectivity index is 1.61. The maximum Gasteiger partial charge on any atom is 0.223 e. The van der Waals surface area contributed by atoms with Crippen molar-refractivity contribution in [1.82, 2.24) is 9.80 Å². The third-order valence-corrected chi connectivity index (χ3v) is 5.47. The normalized spacial score (nSPS) is 19.1. The largest absolute Gasteiger partial charge is 0.337 e. The van der Waals surface area contributed by atoms with E-state index in [1.54, 1.807) is 0 Å². The van der Waals surface area contributed by atoms with Gasteiger partial charge in [-0.25, -0.2) is 0 Å². The molecule has 0 bridgehead atoms. The summed E-state index contributed by atoms with van der Waals surface area (Å²) in [5, 5.41) is 8.28. The smallest absolute Gasteiger partial charge is 0.223 e. The molecule has 0 aliphatic carbocycles. The van der Waals surface area contributed by atoms with Crippen LogP contribution in [-0.4, -0.2) is 48.1 Å². The van der Waals surface area contributed by atoms with Crippen molar-refractivity contribution in [2.75, 3.05) is 26.7 Å². The van der Waals surface area contributed by atoms with Crippen LogP contribution < -0.4 is 0 Å². The topological polar surface area (TPSA) is 48.3 Å². The van der Waals surface area contributed by atoms with Crippen molar-refractivity contribution in [2.24, 2.45) is 10.2 Å². The summed E-state index contributed by atoms with van der Waals surface area (Å²) in [6.07, 6.45) is 10.3. The number of nitrogens with zero attached hydrogens (tertiary/aromatic N) is 4. The third kappa shape index (κ3) is 4.70. The molecule has 0 saturated carbocycles. The molecule has 26 heavy (non-hydrogen) atoms. The number of carbonyl (C=O) groups excluding carboxylic acids is 1. The Kier molecular flexibility index (Phi) is 6.05. The fraction of sp³-hybridized carbons (Fsp3) is 0.571. The van der Waals surface area contributed by atoms with Crippen molar-refractivity contribution < 1.29 is 4.79 Å². The van der Waals surface area contributed by atoms with Crippen molar-refractivity contribution in [3.63, 3.8) is 0 Å². The average molecular weight is 352 g/mol. The van der Waals surface area contributed by atoms with Gasteiger partial charge in [0.25, 0.3) is 0 Å². The molecule has 2 aliphatic heterocycles. The molecule has 0 radical (unpaired) electrons. The molecule has 2 aliphatic rings. The van der Waals surface area contributed by atoms with Crippen molar-refractivity contribution in [2.45, 2.75) is 50.2 Å². The molecule has 5 heteroatoms. The van der Waals surface area contributed by atoms with Gasteiger partial charge in [0.05, 0.1) is 6.04 Å². The lowest BCUT2D eigenvalue weighted by Crippen LogP contribution is -2.38. The second-order valence-electron chi connectivity index (χ2n) is 7.33. The summed E-state index contributed by atoms with van der Waals surface area (Å²) < 4.78 is 0. The number of likely N-dealkylation sites (tertiary alicyclic amines) is 1. The van der Waals surface area contributed by atoms with Gasteiger partial charge >= 0.3 is 0 Å². The van der Waals surface area contributed by atoms with E-state index in [2.05, 4.69) is 33.2 Å². The quantitative estimate of drug-likeness (QED) is 0.637. The molecule has 1 fully saturated rings. The van der Waals surface area contributed by atoms with E-state index in [9.17, 15) is 4.79 Å². The summed E-state index contributed by atoms with van der Waals surface area (Å²) in [5.41, 5.74) is 0.804. The monoisotopic (exact) mass is 352 g/mol. The number of likely N-dealkylation sites (N-methyl/N-ethyl adjacent to an activating group) is 1. The van der Waals surface area contributed by atoms with Crippen LogP contribution in [0.1, 0.15) is 50.1 Å². The van der Waals surface area contributed by atoms with Gasteiger partial charge in [-0.15, -0.1) is 12.3 Å². The van der Waals surface area contributed by atoms with Crippen LogP contribution in [0.5, 0.6) is 0 Å². The minimum atomic E-state index is -0.389. The van der Waals surface area contributed by atoms with Gasteiger partial charge in [-0.1, -0.05) is 30.3 Å². The lowest BCUT2D eigenvalue weighted by atomic mass is 10.0. The first-order valence-corrected chi connectivity index (χ1v) is 9.54. The van der Waals surface area contributed by atoms with E-state index in [4.69, 9.17) is 6.42 Å². The second-order valence-corrected chi connectivity index (χ2v) is 7.33. The molecule has 0 unspecified atom stereocenters. The highest BCUT2D eigenvalue weighted by atomic mass is 16.2. The van der Waals surface area contributed by atoms with Gasteiger partial charge in [0, 0.05) is 39.3 Å². The summed E-state index contributed by atoms with van der Waals surface area (Å²) in [5.74, 6) is 2.78. The Labute approximate surface area is 156 Å². The van der Waals surface area contributed by atoms with Gasteiger partial charge in [-0.3, -0.25) is 4.79 Å². The molecule has 5 nitrogen and oxygen atoms in total. The lowest BCUT2D eigenvalue weighted by molar-refractivity contribution is -0.132. The van der Waals surface area contributed by atoms with E-state index in [0.717, 1.165) is 26.1 Å². The van der Waals surface area contributed by atoms with Gasteiger partial charge in [0.1, 0.15) is 0 Å². The zero-order valence-electron chi connectivity index (χ0n) is 15.6. The molecule has 1 aromatic rings. The van der Waals surface area contributed by atoms with Gasteiger partial charge in [0.2, 0.25) is 5.91 Å². The first-order valence-electron chi connectivity index (χ1n) is 9.54. The average Bonchev–Trinajstić information content (AvgIpc) is 3.26. The molecule has 0 spiro atoms. The predicted molar refractivity (Wildman–Crippen MR) is 103 cm³/mol. The van der Waals surface area contributed by atoms with Gasteiger partial charge in [0.15, 0.2) is 5.66 Å². The van der Waals surface area contributed by atoms with E-state index in [-0.39, 0.29) is 17.6 Å². The number of terminal acetylenes is 1. The standard InChI is InChI=1S/C21H28N4O/c1-3-4-13-21(22-23-21)14-12-20(26)24(2)19(17-25-15-8-9-16-25)18-10-6-5-7-11-18/h1,5-7,10-11,19H,4,8-9,12-17H2,2H3/t19-/m0/s1. The molecule has 138 valence electrons. The number of rotatable bonds is 9. The minimum Gasteiger partial charge on any atom is -0.337 e. The zero-order valence-corrected chi connectivity index (χ0v) is 15.6. The molecular formula is C21H28N4O. The lowest BCUT2D eigenvalue weighted by Gasteiger charge is -2.32.